The van der Waals surface area contributed by atoms with Crippen LogP contribution >= 0.6 is 11.3 Å². The van der Waals surface area contributed by atoms with E-state index in [9.17, 15) is 9.59 Å². The van der Waals surface area contributed by atoms with E-state index in [-0.39, 0.29) is 17.7 Å². The number of hydrogen-bond donors (Lipinski definition) is 0. The lowest BCUT2D eigenvalue weighted by Crippen LogP contribution is -2.42. The van der Waals surface area contributed by atoms with E-state index in [1.807, 2.05) is 29.7 Å². The lowest BCUT2D eigenvalue weighted by atomic mass is 9.94. The van der Waals surface area contributed by atoms with Crippen molar-refractivity contribution in [2.45, 2.75) is 38.6 Å². The maximum atomic E-state index is 12.8. The first-order chi connectivity index (χ1) is 13.2. The molecule has 27 heavy (non-hydrogen) atoms. The normalized spacial score (nSPS) is 21.2. The fourth-order valence-electron chi connectivity index (χ4n) is 4.16. The van der Waals surface area contributed by atoms with Crippen molar-refractivity contribution in [3.63, 3.8) is 0 Å². The van der Waals surface area contributed by atoms with Crippen LogP contribution in [0, 0.1) is 5.92 Å². The molecule has 2 saturated heterocycles. The molecular formula is C19H25N5O2S. The number of aromatic nitrogens is 3. The molecule has 1 atom stereocenters. The van der Waals surface area contributed by atoms with Gasteiger partial charge in [-0.1, -0.05) is 0 Å². The van der Waals surface area contributed by atoms with Gasteiger partial charge in [0.2, 0.25) is 11.8 Å². The van der Waals surface area contributed by atoms with Crippen molar-refractivity contribution >= 4 is 23.2 Å². The SMILES string of the molecule is CCN1CC(C(=O)N2CCC(c3nccn3Cc3cscn3)CC2)CC1=O. The Morgan fingerprint density at radius 3 is 2.78 bits per heavy atom. The van der Waals surface area contributed by atoms with E-state index in [2.05, 4.69) is 19.9 Å². The highest BCUT2D eigenvalue weighted by atomic mass is 32.1. The van der Waals surface area contributed by atoms with Gasteiger partial charge in [0.15, 0.2) is 0 Å². The van der Waals surface area contributed by atoms with E-state index in [0.29, 0.717) is 25.4 Å². The molecule has 7 nitrogen and oxygen atoms in total. The summed E-state index contributed by atoms with van der Waals surface area (Å²) in [6.45, 7) is 5.45. The number of imidazole rings is 1. The molecule has 144 valence electrons. The highest BCUT2D eigenvalue weighted by molar-refractivity contribution is 7.07. The third-order valence-electron chi connectivity index (χ3n) is 5.68. The van der Waals surface area contributed by atoms with E-state index in [1.165, 1.54) is 0 Å². The zero-order valence-corrected chi connectivity index (χ0v) is 16.4. The summed E-state index contributed by atoms with van der Waals surface area (Å²) in [5.74, 6) is 1.53. The molecule has 2 aliphatic heterocycles. The average molecular weight is 388 g/mol. The topological polar surface area (TPSA) is 71.3 Å². The van der Waals surface area contributed by atoms with Crippen LogP contribution in [0.1, 0.15) is 43.6 Å². The van der Waals surface area contributed by atoms with Crippen molar-refractivity contribution in [3.05, 3.63) is 34.8 Å². The molecule has 2 fully saturated rings. The van der Waals surface area contributed by atoms with Crippen molar-refractivity contribution in [1.29, 1.82) is 0 Å². The first kappa shape index (κ1) is 18.2. The number of carbonyl (C=O) groups excluding carboxylic acids is 2. The smallest absolute Gasteiger partial charge is 0.227 e. The standard InChI is InChI=1S/C19H25N5O2S/c1-2-22-10-15(9-17(22)25)19(26)23-6-3-14(4-7-23)18-20-5-8-24(18)11-16-12-27-13-21-16/h5,8,12-15H,2-4,6-7,9-11H2,1H3. The zero-order chi connectivity index (χ0) is 18.8. The van der Waals surface area contributed by atoms with Gasteiger partial charge in [-0.2, -0.15) is 0 Å². The quantitative estimate of drug-likeness (QED) is 0.786. The van der Waals surface area contributed by atoms with Crippen LogP contribution in [0.5, 0.6) is 0 Å². The zero-order valence-electron chi connectivity index (χ0n) is 15.6. The number of nitrogens with zero attached hydrogens (tertiary/aromatic N) is 5. The van der Waals surface area contributed by atoms with Crippen LogP contribution in [0.15, 0.2) is 23.3 Å². The lowest BCUT2D eigenvalue weighted by molar-refractivity contribution is -0.136. The molecule has 2 aromatic heterocycles. The molecule has 8 heteroatoms. The second-order valence-corrected chi connectivity index (χ2v) is 8.04. The molecular weight excluding hydrogens is 362 g/mol. The number of rotatable bonds is 5. The summed E-state index contributed by atoms with van der Waals surface area (Å²) in [6, 6.07) is 0. The molecule has 4 rings (SSSR count). The molecule has 0 N–H and O–H groups in total. The molecule has 0 aromatic carbocycles. The summed E-state index contributed by atoms with van der Waals surface area (Å²) in [6.07, 6.45) is 6.05. The molecule has 2 aliphatic rings. The minimum Gasteiger partial charge on any atom is -0.342 e. The predicted molar refractivity (Wildman–Crippen MR) is 102 cm³/mol. The average Bonchev–Trinajstić information content (AvgIpc) is 3.43. The summed E-state index contributed by atoms with van der Waals surface area (Å²) < 4.78 is 2.17. The minimum absolute atomic E-state index is 0.106. The summed E-state index contributed by atoms with van der Waals surface area (Å²) in [7, 11) is 0. The molecule has 1 unspecified atom stereocenters. The van der Waals surface area contributed by atoms with Crippen LogP contribution in [-0.2, 0) is 16.1 Å². The van der Waals surface area contributed by atoms with Crippen molar-refractivity contribution in [3.8, 4) is 0 Å². The number of likely N-dealkylation sites (tertiary alicyclic amines) is 2. The van der Waals surface area contributed by atoms with Crippen LogP contribution in [0.2, 0.25) is 0 Å². The largest absolute Gasteiger partial charge is 0.342 e. The van der Waals surface area contributed by atoms with Crippen molar-refractivity contribution < 1.29 is 9.59 Å². The number of piperidine rings is 1. The maximum Gasteiger partial charge on any atom is 0.227 e. The number of hydrogen-bond acceptors (Lipinski definition) is 5. The Bertz CT molecular complexity index is 795. The van der Waals surface area contributed by atoms with Crippen LogP contribution in [-0.4, -0.2) is 62.3 Å². The van der Waals surface area contributed by atoms with Gasteiger partial charge in [-0.15, -0.1) is 11.3 Å². The van der Waals surface area contributed by atoms with Crippen molar-refractivity contribution in [2.75, 3.05) is 26.2 Å². The summed E-state index contributed by atoms with van der Waals surface area (Å²) in [5.41, 5.74) is 2.90. The summed E-state index contributed by atoms with van der Waals surface area (Å²) >= 11 is 1.60. The Balaban J connectivity index is 1.35. The fourth-order valence-corrected chi connectivity index (χ4v) is 4.71. The monoisotopic (exact) mass is 387 g/mol. The third kappa shape index (κ3) is 3.76. The Hall–Kier alpha value is -2.22. The van der Waals surface area contributed by atoms with E-state index in [0.717, 1.165) is 44.0 Å². The molecule has 0 saturated carbocycles. The highest BCUT2D eigenvalue weighted by Crippen LogP contribution is 2.29. The van der Waals surface area contributed by atoms with Crippen molar-refractivity contribution in [1.82, 2.24) is 24.3 Å². The van der Waals surface area contributed by atoms with Crippen LogP contribution < -0.4 is 0 Å². The van der Waals surface area contributed by atoms with Gasteiger partial charge in [0, 0.05) is 56.3 Å². The van der Waals surface area contributed by atoms with Gasteiger partial charge in [-0.05, 0) is 19.8 Å². The molecule has 0 radical (unpaired) electrons. The van der Waals surface area contributed by atoms with Gasteiger partial charge in [-0.25, -0.2) is 9.97 Å². The number of thiazole rings is 1. The van der Waals surface area contributed by atoms with Crippen LogP contribution in [0.3, 0.4) is 0 Å². The number of amides is 2. The maximum absolute atomic E-state index is 12.8. The molecule has 4 heterocycles. The number of carbonyl (C=O) groups is 2. The Labute approximate surface area is 163 Å². The van der Waals surface area contributed by atoms with Gasteiger partial charge in [0.25, 0.3) is 0 Å². The molecule has 0 spiro atoms. The summed E-state index contributed by atoms with van der Waals surface area (Å²) in [5, 5.41) is 2.06. The molecule has 0 aliphatic carbocycles. The van der Waals surface area contributed by atoms with Gasteiger partial charge >= 0.3 is 0 Å². The Morgan fingerprint density at radius 2 is 2.11 bits per heavy atom. The van der Waals surface area contributed by atoms with Crippen LogP contribution in [0.25, 0.3) is 0 Å². The van der Waals surface area contributed by atoms with Gasteiger partial charge < -0.3 is 14.4 Å². The molecule has 2 aromatic rings. The van der Waals surface area contributed by atoms with Gasteiger partial charge in [0.1, 0.15) is 5.82 Å². The molecule has 0 bridgehead atoms. The van der Waals surface area contributed by atoms with E-state index in [4.69, 9.17) is 0 Å². The highest BCUT2D eigenvalue weighted by Gasteiger charge is 2.37. The van der Waals surface area contributed by atoms with E-state index < -0.39 is 0 Å². The summed E-state index contributed by atoms with van der Waals surface area (Å²) in [4.78, 5) is 37.4. The van der Waals surface area contributed by atoms with Crippen molar-refractivity contribution in [2.24, 2.45) is 5.92 Å². The lowest BCUT2D eigenvalue weighted by Gasteiger charge is -2.33. The Morgan fingerprint density at radius 1 is 1.30 bits per heavy atom. The van der Waals surface area contributed by atoms with Gasteiger partial charge in [0.05, 0.1) is 23.7 Å². The minimum atomic E-state index is -0.166. The predicted octanol–water partition coefficient (Wildman–Crippen LogP) is 1.96. The Kier molecular flexibility index (Phi) is 5.24. The fraction of sp³-hybridized carbons (Fsp3) is 0.579. The van der Waals surface area contributed by atoms with Crippen LogP contribution in [0.4, 0.5) is 0 Å². The van der Waals surface area contributed by atoms with E-state index in [1.54, 1.807) is 16.2 Å². The molecule has 2 amide bonds. The second-order valence-electron chi connectivity index (χ2n) is 7.33. The van der Waals surface area contributed by atoms with E-state index >= 15 is 0 Å². The second kappa shape index (κ2) is 7.80. The first-order valence-electron chi connectivity index (χ1n) is 9.60. The third-order valence-corrected chi connectivity index (χ3v) is 6.32. The van der Waals surface area contributed by atoms with Gasteiger partial charge in [-0.3, -0.25) is 9.59 Å². The first-order valence-corrected chi connectivity index (χ1v) is 10.5.